The van der Waals surface area contributed by atoms with Crippen LogP contribution in [0.25, 0.3) is 11.4 Å². The quantitative estimate of drug-likeness (QED) is 0.252. The molecule has 176 valence electrons. The first-order chi connectivity index (χ1) is 16.6. The molecule has 0 fully saturated rings. The number of nitrogens with zero attached hydrogens (tertiary/aromatic N) is 4. The van der Waals surface area contributed by atoms with Crippen LogP contribution in [0.4, 0.5) is 5.69 Å². The minimum absolute atomic E-state index is 0.0166. The van der Waals surface area contributed by atoms with E-state index < -0.39 is 0 Å². The first-order valence-electron chi connectivity index (χ1n) is 11.3. The molecule has 1 N–H and O–H groups in total. The van der Waals surface area contributed by atoms with Gasteiger partial charge in [0.1, 0.15) is 5.76 Å². The fourth-order valence-corrected chi connectivity index (χ4v) is 4.40. The lowest BCUT2D eigenvalue weighted by Gasteiger charge is -2.19. The molecule has 0 aliphatic heterocycles. The highest BCUT2D eigenvalue weighted by molar-refractivity contribution is 7.99. The van der Waals surface area contributed by atoms with Crippen LogP contribution in [-0.4, -0.2) is 46.6 Å². The van der Waals surface area contributed by atoms with E-state index in [4.69, 9.17) is 4.42 Å². The molecule has 0 saturated carbocycles. The lowest BCUT2D eigenvalue weighted by Crippen LogP contribution is -2.29. The van der Waals surface area contributed by atoms with E-state index in [-0.39, 0.29) is 11.7 Å². The van der Waals surface area contributed by atoms with Gasteiger partial charge in [0, 0.05) is 31.4 Å². The molecular weight excluding hydrogens is 446 g/mol. The Morgan fingerprint density at radius 3 is 2.71 bits per heavy atom. The molecular formula is C26H29N5O2S. The molecule has 0 aliphatic carbocycles. The number of para-hydroxylation sites is 1. The Bertz CT molecular complexity index is 1190. The maximum atomic E-state index is 12.5. The normalized spacial score (nSPS) is 10.9. The molecule has 2 aromatic heterocycles. The number of amides is 1. The molecule has 4 rings (SSSR count). The van der Waals surface area contributed by atoms with Gasteiger partial charge in [-0.25, -0.2) is 0 Å². The number of hydrogen-bond donors (Lipinski definition) is 1. The van der Waals surface area contributed by atoms with Crippen molar-refractivity contribution in [2.75, 3.05) is 30.8 Å². The second kappa shape index (κ2) is 11.6. The number of nitrogens with one attached hydrogen (secondary N) is 1. The highest BCUT2D eigenvalue weighted by atomic mass is 32.2. The Labute approximate surface area is 204 Å². The van der Waals surface area contributed by atoms with E-state index in [0.29, 0.717) is 18.2 Å². The van der Waals surface area contributed by atoms with Crippen LogP contribution >= 0.6 is 11.8 Å². The summed E-state index contributed by atoms with van der Waals surface area (Å²) in [6, 6.07) is 22.2. The summed E-state index contributed by atoms with van der Waals surface area (Å²) in [5.41, 5.74) is 3.30. The molecule has 2 aromatic carbocycles. The van der Waals surface area contributed by atoms with Gasteiger partial charge in [0.05, 0.1) is 18.6 Å². The average molecular weight is 476 g/mol. The molecule has 7 nitrogen and oxygen atoms in total. The van der Waals surface area contributed by atoms with Crippen LogP contribution in [0.5, 0.6) is 0 Å². The first-order valence-corrected chi connectivity index (χ1v) is 12.3. The van der Waals surface area contributed by atoms with Crippen molar-refractivity contribution < 1.29 is 9.21 Å². The molecule has 0 unspecified atom stereocenters. The lowest BCUT2D eigenvalue weighted by molar-refractivity contribution is -0.118. The second-order valence-electron chi connectivity index (χ2n) is 8.09. The molecule has 4 aromatic rings. The average Bonchev–Trinajstić information content (AvgIpc) is 3.51. The van der Waals surface area contributed by atoms with Crippen LogP contribution in [0.2, 0.25) is 0 Å². The predicted octanol–water partition coefficient (Wildman–Crippen LogP) is 4.63. The second-order valence-corrected chi connectivity index (χ2v) is 9.03. The topological polar surface area (TPSA) is 76.2 Å². The van der Waals surface area contributed by atoms with Crippen LogP contribution in [0.15, 0.2) is 82.6 Å². The summed E-state index contributed by atoms with van der Waals surface area (Å²) in [5, 5.41) is 12.5. The van der Waals surface area contributed by atoms with E-state index in [0.717, 1.165) is 35.7 Å². The molecule has 0 bridgehead atoms. The fourth-order valence-electron chi connectivity index (χ4n) is 3.63. The van der Waals surface area contributed by atoms with E-state index in [1.165, 1.54) is 17.4 Å². The summed E-state index contributed by atoms with van der Waals surface area (Å²) >= 11 is 1.38. The number of anilines is 1. The summed E-state index contributed by atoms with van der Waals surface area (Å²) in [6.07, 6.45) is 2.52. The van der Waals surface area contributed by atoms with E-state index in [1.54, 1.807) is 6.26 Å². The highest BCUT2D eigenvalue weighted by Gasteiger charge is 2.17. The summed E-state index contributed by atoms with van der Waals surface area (Å²) < 4.78 is 7.55. The third kappa shape index (κ3) is 6.29. The van der Waals surface area contributed by atoms with Crippen LogP contribution in [-0.2, 0) is 11.3 Å². The number of carbonyl (C=O) groups excluding carboxylic acids is 1. The maximum absolute atomic E-state index is 12.5. The molecule has 0 radical (unpaired) electrons. The monoisotopic (exact) mass is 475 g/mol. The number of thioether (sulfide) groups is 1. The van der Waals surface area contributed by atoms with Crippen molar-refractivity contribution in [2.24, 2.45) is 0 Å². The number of benzene rings is 2. The number of aromatic nitrogens is 3. The van der Waals surface area contributed by atoms with Crippen molar-refractivity contribution in [3.63, 3.8) is 0 Å². The van der Waals surface area contributed by atoms with E-state index >= 15 is 0 Å². The van der Waals surface area contributed by atoms with E-state index in [2.05, 4.69) is 45.7 Å². The Morgan fingerprint density at radius 2 is 1.94 bits per heavy atom. The Balaban J connectivity index is 1.33. The van der Waals surface area contributed by atoms with Crippen molar-refractivity contribution in [1.29, 1.82) is 0 Å². The number of furan rings is 1. The fraction of sp³-hybridized carbons (Fsp3) is 0.269. The van der Waals surface area contributed by atoms with Crippen molar-refractivity contribution >= 4 is 23.4 Å². The third-order valence-electron chi connectivity index (χ3n) is 5.41. The van der Waals surface area contributed by atoms with Gasteiger partial charge in [0.15, 0.2) is 11.0 Å². The number of rotatable bonds is 11. The molecule has 8 heteroatoms. The van der Waals surface area contributed by atoms with Gasteiger partial charge in [-0.3, -0.25) is 9.36 Å². The van der Waals surface area contributed by atoms with Gasteiger partial charge in [0.25, 0.3) is 0 Å². The Hall–Kier alpha value is -3.52. The third-order valence-corrected chi connectivity index (χ3v) is 6.38. The van der Waals surface area contributed by atoms with E-state index in [1.807, 2.05) is 60.0 Å². The van der Waals surface area contributed by atoms with Gasteiger partial charge < -0.3 is 14.6 Å². The zero-order valence-corrected chi connectivity index (χ0v) is 20.3. The van der Waals surface area contributed by atoms with Crippen LogP contribution < -0.4 is 10.2 Å². The summed E-state index contributed by atoms with van der Waals surface area (Å²) in [6.45, 7) is 4.05. The molecule has 2 heterocycles. The standard InChI is InChI=1S/C26H29N5O2S/c1-20-9-6-10-21(17-20)25-28-29-26(31(25)18-23-13-7-16-33-23)34-19-24(32)27-14-8-15-30(2)22-11-4-3-5-12-22/h3-7,9-13,16-17H,8,14-15,18-19H2,1-2H3,(H,27,32). The Morgan fingerprint density at radius 1 is 1.09 bits per heavy atom. The van der Waals surface area contributed by atoms with Crippen molar-refractivity contribution in [3.8, 4) is 11.4 Å². The van der Waals surface area contributed by atoms with Crippen molar-refractivity contribution in [3.05, 3.63) is 84.3 Å². The SMILES string of the molecule is Cc1cccc(-c2nnc(SCC(=O)NCCCN(C)c3ccccc3)n2Cc2ccco2)c1. The van der Waals surface area contributed by atoms with Gasteiger partial charge in [-0.1, -0.05) is 53.7 Å². The van der Waals surface area contributed by atoms with Crippen molar-refractivity contribution in [2.45, 2.75) is 25.0 Å². The van der Waals surface area contributed by atoms with Gasteiger partial charge in [-0.15, -0.1) is 10.2 Å². The number of hydrogen-bond acceptors (Lipinski definition) is 6. The molecule has 0 saturated heterocycles. The number of aryl methyl sites for hydroxylation is 1. The van der Waals surface area contributed by atoms with Crippen LogP contribution in [0.3, 0.4) is 0 Å². The van der Waals surface area contributed by atoms with Crippen LogP contribution in [0.1, 0.15) is 17.7 Å². The lowest BCUT2D eigenvalue weighted by atomic mass is 10.1. The molecule has 34 heavy (non-hydrogen) atoms. The zero-order chi connectivity index (χ0) is 23.8. The van der Waals surface area contributed by atoms with E-state index in [9.17, 15) is 4.79 Å². The summed E-state index contributed by atoms with van der Waals surface area (Å²) in [4.78, 5) is 14.6. The van der Waals surface area contributed by atoms with Crippen LogP contribution in [0, 0.1) is 6.92 Å². The predicted molar refractivity (Wildman–Crippen MR) is 136 cm³/mol. The largest absolute Gasteiger partial charge is 0.467 e. The molecule has 0 atom stereocenters. The molecule has 0 spiro atoms. The summed E-state index contributed by atoms with van der Waals surface area (Å²) in [5.74, 6) is 1.82. The van der Waals surface area contributed by atoms with Crippen molar-refractivity contribution in [1.82, 2.24) is 20.1 Å². The van der Waals surface area contributed by atoms with Gasteiger partial charge in [0.2, 0.25) is 5.91 Å². The minimum Gasteiger partial charge on any atom is -0.467 e. The first kappa shape index (κ1) is 23.6. The van der Waals surface area contributed by atoms with Gasteiger partial charge in [-0.2, -0.15) is 0 Å². The highest BCUT2D eigenvalue weighted by Crippen LogP contribution is 2.26. The van der Waals surface area contributed by atoms with Gasteiger partial charge in [-0.05, 0) is 43.7 Å². The minimum atomic E-state index is -0.0166. The Kier molecular flexibility index (Phi) is 8.04. The number of carbonyl (C=O) groups is 1. The smallest absolute Gasteiger partial charge is 0.230 e. The maximum Gasteiger partial charge on any atom is 0.230 e. The summed E-state index contributed by atoms with van der Waals surface area (Å²) in [7, 11) is 2.06. The zero-order valence-electron chi connectivity index (χ0n) is 19.5. The molecule has 0 aliphatic rings. The van der Waals surface area contributed by atoms with Gasteiger partial charge >= 0.3 is 0 Å². The molecule has 1 amide bonds.